The van der Waals surface area contributed by atoms with Crippen molar-refractivity contribution in [3.8, 4) is 0 Å². The zero-order valence-corrected chi connectivity index (χ0v) is 18.5. The largest absolute Gasteiger partial charge is 0.450 e. The summed E-state index contributed by atoms with van der Waals surface area (Å²) in [5, 5.41) is 11.8. The summed E-state index contributed by atoms with van der Waals surface area (Å²) >= 11 is 11.0. The summed E-state index contributed by atoms with van der Waals surface area (Å²) in [6, 6.07) is 18.7. The second-order valence-electron chi connectivity index (χ2n) is 6.59. The van der Waals surface area contributed by atoms with Crippen molar-refractivity contribution in [1.29, 1.82) is 0 Å². The third-order valence-corrected chi connectivity index (χ3v) is 6.39. The molecule has 5 rings (SSSR count). The first-order chi connectivity index (χ1) is 14.6. The minimum atomic E-state index is -0.580. The topological polar surface area (TPSA) is 70.2 Å². The van der Waals surface area contributed by atoms with Gasteiger partial charge in [0.1, 0.15) is 5.70 Å². The van der Waals surface area contributed by atoms with E-state index in [-0.39, 0.29) is 5.91 Å². The predicted molar refractivity (Wildman–Crippen MR) is 120 cm³/mol. The van der Waals surface area contributed by atoms with Crippen LogP contribution >= 0.6 is 39.3 Å². The number of hydrogen-bond donors (Lipinski definition) is 1. The van der Waals surface area contributed by atoms with Crippen molar-refractivity contribution in [3.63, 3.8) is 0 Å². The quantitative estimate of drug-likeness (QED) is 0.593. The summed E-state index contributed by atoms with van der Waals surface area (Å²) in [5.74, 6) is 0.930. The first kappa shape index (κ1) is 19.4. The van der Waals surface area contributed by atoms with E-state index in [9.17, 15) is 4.79 Å². The van der Waals surface area contributed by atoms with Crippen LogP contribution in [-0.2, 0) is 10.5 Å². The molecule has 3 heterocycles. The summed E-state index contributed by atoms with van der Waals surface area (Å²) < 4.78 is 6.33. The number of hydrogen-bond acceptors (Lipinski definition) is 6. The number of carbonyl (C=O) groups is 1. The number of rotatable bonds is 3. The summed E-state index contributed by atoms with van der Waals surface area (Å²) in [6.45, 7) is 0. The van der Waals surface area contributed by atoms with Gasteiger partial charge in [-0.05, 0) is 45.8 Å². The highest BCUT2D eigenvalue weighted by atomic mass is 79.9. The molecule has 0 fully saturated rings. The van der Waals surface area contributed by atoms with E-state index in [4.69, 9.17) is 26.1 Å². The molecule has 0 aliphatic carbocycles. The van der Waals surface area contributed by atoms with Crippen LogP contribution in [0.25, 0.3) is 5.70 Å². The van der Waals surface area contributed by atoms with Gasteiger partial charge >= 0.3 is 0 Å². The highest BCUT2D eigenvalue weighted by molar-refractivity contribution is 9.10. The number of benzene rings is 2. The van der Waals surface area contributed by atoms with Gasteiger partial charge in [-0.2, -0.15) is 0 Å². The molecule has 2 aliphatic heterocycles. The van der Waals surface area contributed by atoms with Crippen molar-refractivity contribution in [2.75, 3.05) is 0 Å². The van der Waals surface area contributed by atoms with Crippen LogP contribution < -0.4 is 15.9 Å². The van der Waals surface area contributed by atoms with Crippen LogP contribution in [0.1, 0.15) is 17.5 Å². The maximum Gasteiger partial charge on any atom is 0.276 e. The minimum Gasteiger partial charge on any atom is -0.450 e. The smallest absolute Gasteiger partial charge is 0.276 e. The summed E-state index contributed by atoms with van der Waals surface area (Å²) in [6.07, 6.45) is -0.580. The standard InChI is InChI=1S/C21H14BrClN4O2S/c22-17-10-9-16(29-17)19-24-15-8-4-2-6-13(15)18-20(28)25-21(26-27(18)19)30-11-12-5-1-3-7-14(12)23/h1-10,19H,11H2,(H,25,26,28)/t19-/m0/s1. The van der Waals surface area contributed by atoms with Gasteiger partial charge in [0.25, 0.3) is 5.91 Å². The fraction of sp³-hybridized carbons (Fsp3) is 0.0952. The fourth-order valence-corrected chi connectivity index (χ4v) is 4.76. The molecule has 0 radical (unpaired) electrons. The Morgan fingerprint density at radius 2 is 1.93 bits per heavy atom. The second-order valence-corrected chi connectivity index (χ2v) is 8.75. The van der Waals surface area contributed by atoms with Crippen molar-refractivity contribution >= 4 is 56.1 Å². The van der Waals surface area contributed by atoms with Crippen molar-refractivity contribution in [3.05, 3.63) is 92.3 Å². The Morgan fingerprint density at radius 3 is 2.73 bits per heavy atom. The van der Waals surface area contributed by atoms with E-state index < -0.39 is 6.17 Å². The molecule has 0 unspecified atom stereocenters. The molecule has 1 aromatic heterocycles. The van der Waals surface area contributed by atoms with Crippen molar-refractivity contribution in [2.45, 2.75) is 11.9 Å². The Balaban J connectivity index is 1.56. The first-order valence-corrected chi connectivity index (χ1v) is 11.2. The average Bonchev–Trinajstić information content (AvgIpc) is 3.18. The minimum absolute atomic E-state index is 0.232. The van der Waals surface area contributed by atoms with Crippen LogP contribution in [0.4, 0.5) is 0 Å². The lowest BCUT2D eigenvalue weighted by Crippen LogP contribution is -2.50. The number of amidine groups is 1. The first-order valence-electron chi connectivity index (χ1n) is 9.08. The van der Waals surface area contributed by atoms with Crippen LogP contribution in [0.2, 0.25) is 5.02 Å². The molecule has 3 aromatic rings. The van der Waals surface area contributed by atoms with E-state index in [1.165, 1.54) is 11.8 Å². The van der Waals surface area contributed by atoms with Gasteiger partial charge in [-0.1, -0.05) is 59.8 Å². The van der Waals surface area contributed by atoms with Gasteiger partial charge in [-0.3, -0.25) is 10.1 Å². The number of amides is 1. The molecule has 0 saturated carbocycles. The van der Waals surface area contributed by atoms with Crippen molar-refractivity contribution < 1.29 is 9.21 Å². The van der Waals surface area contributed by atoms with Gasteiger partial charge in [0.05, 0.1) is 5.36 Å². The molecule has 6 nitrogen and oxygen atoms in total. The van der Waals surface area contributed by atoms with Crippen LogP contribution in [0, 0.1) is 0 Å². The number of carbonyl (C=O) groups excluding carboxylic acids is 1. The zero-order valence-electron chi connectivity index (χ0n) is 15.4. The van der Waals surface area contributed by atoms with Crippen molar-refractivity contribution in [1.82, 2.24) is 10.3 Å². The van der Waals surface area contributed by atoms with Gasteiger partial charge in [-0.15, -0.1) is 5.10 Å². The van der Waals surface area contributed by atoms with Gasteiger partial charge in [-0.25, -0.2) is 10.0 Å². The average molecular weight is 502 g/mol. The molecule has 2 aromatic carbocycles. The van der Waals surface area contributed by atoms with E-state index in [1.807, 2.05) is 54.6 Å². The number of para-hydroxylation sites is 1. The fourth-order valence-electron chi connectivity index (χ4n) is 3.31. The Labute approximate surface area is 189 Å². The van der Waals surface area contributed by atoms with Crippen LogP contribution in [0.5, 0.6) is 0 Å². The lowest BCUT2D eigenvalue weighted by Gasteiger charge is -2.32. The van der Waals surface area contributed by atoms with Crippen LogP contribution in [0.15, 0.2) is 79.8 Å². The number of hydrazone groups is 1. The highest BCUT2D eigenvalue weighted by Crippen LogP contribution is 2.33. The zero-order chi connectivity index (χ0) is 20.7. The molecule has 1 atom stereocenters. The predicted octanol–water partition coefficient (Wildman–Crippen LogP) is 3.77. The van der Waals surface area contributed by atoms with Crippen LogP contribution in [-0.4, -0.2) is 16.1 Å². The summed E-state index contributed by atoms with van der Waals surface area (Å²) in [7, 11) is 0. The Kier molecular flexibility index (Phi) is 5.14. The number of halogens is 2. The second kappa shape index (κ2) is 7.94. The maximum absolute atomic E-state index is 13.1. The molecular weight excluding hydrogens is 488 g/mol. The maximum atomic E-state index is 13.1. The molecule has 1 N–H and O–H groups in total. The van der Waals surface area contributed by atoms with E-state index >= 15 is 0 Å². The molecule has 2 aliphatic rings. The number of nitrogens with one attached hydrogen (secondary N) is 1. The molecule has 9 heteroatoms. The lowest BCUT2D eigenvalue weighted by atomic mass is 10.1. The highest BCUT2D eigenvalue weighted by Gasteiger charge is 2.35. The summed E-state index contributed by atoms with van der Waals surface area (Å²) in [4.78, 5) is 17.9. The summed E-state index contributed by atoms with van der Waals surface area (Å²) in [5.41, 5.74) is 1.41. The molecule has 0 saturated heterocycles. The van der Waals surface area contributed by atoms with Crippen molar-refractivity contribution in [2.24, 2.45) is 10.1 Å². The molecule has 150 valence electrons. The molecule has 30 heavy (non-hydrogen) atoms. The van der Waals surface area contributed by atoms with E-state index in [0.717, 1.165) is 16.1 Å². The van der Waals surface area contributed by atoms with E-state index in [1.54, 1.807) is 11.1 Å². The monoisotopic (exact) mass is 500 g/mol. The van der Waals surface area contributed by atoms with Gasteiger partial charge < -0.3 is 4.42 Å². The number of furan rings is 1. The Bertz CT molecular complexity index is 1310. The number of fused-ring (bicyclic) bond motifs is 2. The molecular formula is C21H14BrClN4O2S. The van der Waals surface area contributed by atoms with Gasteiger partial charge in [0.15, 0.2) is 15.6 Å². The van der Waals surface area contributed by atoms with Gasteiger partial charge in [0.2, 0.25) is 6.17 Å². The van der Waals surface area contributed by atoms with E-state index in [0.29, 0.717) is 32.1 Å². The Hall–Kier alpha value is -2.55. The SMILES string of the molecule is O=C1NC(SCc2ccccc2Cl)=NN2C1=c1ccccc1=N[C@@H]2c1ccc(Br)o1. The van der Waals surface area contributed by atoms with E-state index in [2.05, 4.69) is 21.2 Å². The Morgan fingerprint density at radius 1 is 1.13 bits per heavy atom. The number of thioether (sulfide) groups is 1. The van der Waals surface area contributed by atoms with Gasteiger partial charge in [0, 0.05) is 16.0 Å². The molecule has 0 bridgehead atoms. The molecule has 0 spiro atoms. The third-order valence-electron chi connectivity index (χ3n) is 4.69. The van der Waals surface area contributed by atoms with Crippen LogP contribution in [0.3, 0.4) is 0 Å². The lowest BCUT2D eigenvalue weighted by molar-refractivity contribution is -0.116. The molecule has 1 amide bonds. The number of nitrogens with zero attached hydrogens (tertiary/aromatic N) is 3. The third kappa shape index (κ3) is 3.55. The normalized spacial score (nSPS) is 17.6.